The van der Waals surface area contributed by atoms with Gasteiger partial charge in [-0.05, 0) is 29.3 Å². The molecule has 0 fully saturated rings. The minimum absolute atomic E-state index is 0.0445. The summed E-state index contributed by atoms with van der Waals surface area (Å²) in [5.41, 5.74) is 2.27. The Balaban J connectivity index is 1.42. The van der Waals surface area contributed by atoms with Gasteiger partial charge in [0.05, 0.1) is 17.0 Å². The lowest BCUT2D eigenvalue weighted by Gasteiger charge is -2.21. The fourth-order valence-corrected chi connectivity index (χ4v) is 6.33. The van der Waals surface area contributed by atoms with E-state index >= 15 is 0 Å². The standard InChI is InChI=1S/C26H16ClN3O3S2/c27-18-12-6-4-10-16(18)14-34-26-29-28-25(35-26)30-21(15-8-2-1-3-9-15)20-22(31)17-11-5-7-13-19(17)33-23(20)24(30)32/h1-13,21H,14H2. The van der Waals surface area contributed by atoms with E-state index in [0.29, 0.717) is 36.8 Å². The second-order valence-corrected chi connectivity index (χ2v) is 10.5. The fourth-order valence-electron chi connectivity index (χ4n) is 4.18. The molecule has 2 aromatic heterocycles. The van der Waals surface area contributed by atoms with E-state index in [4.69, 9.17) is 16.0 Å². The van der Waals surface area contributed by atoms with Crippen molar-refractivity contribution in [3.8, 4) is 0 Å². The normalized spacial score (nSPS) is 15.1. The van der Waals surface area contributed by atoms with E-state index in [0.717, 1.165) is 11.1 Å². The van der Waals surface area contributed by atoms with Crippen molar-refractivity contribution < 1.29 is 9.21 Å². The number of hydrogen-bond acceptors (Lipinski definition) is 7. The largest absolute Gasteiger partial charge is 0.450 e. The van der Waals surface area contributed by atoms with Crippen LogP contribution in [0, 0.1) is 0 Å². The summed E-state index contributed by atoms with van der Waals surface area (Å²) in [5.74, 6) is 0.259. The van der Waals surface area contributed by atoms with Crippen molar-refractivity contribution in [2.75, 3.05) is 4.90 Å². The van der Waals surface area contributed by atoms with Gasteiger partial charge >= 0.3 is 0 Å². The first kappa shape index (κ1) is 22.0. The van der Waals surface area contributed by atoms with Crippen LogP contribution in [0.3, 0.4) is 0 Å². The zero-order chi connectivity index (χ0) is 23.9. The lowest BCUT2D eigenvalue weighted by Crippen LogP contribution is -2.29. The van der Waals surface area contributed by atoms with E-state index in [1.807, 2.05) is 54.6 Å². The summed E-state index contributed by atoms with van der Waals surface area (Å²) in [7, 11) is 0. The van der Waals surface area contributed by atoms with Crippen LogP contribution < -0.4 is 10.3 Å². The van der Waals surface area contributed by atoms with Crippen LogP contribution in [0.4, 0.5) is 5.13 Å². The highest BCUT2D eigenvalue weighted by molar-refractivity contribution is 8.00. The van der Waals surface area contributed by atoms with Crippen LogP contribution in [0.15, 0.2) is 92.4 Å². The number of benzene rings is 3. The van der Waals surface area contributed by atoms with Crippen LogP contribution >= 0.6 is 34.7 Å². The molecule has 1 unspecified atom stereocenters. The van der Waals surface area contributed by atoms with Gasteiger partial charge in [-0.25, -0.2) is 0 Å². The Labute approximate surface area is 213 Å². The number of rotatable bonds is 5. The molecule has 0 saturated heterocycles. The number of para-hydroxylation sites is 1. The van der Waals surface area contributed by atoms with Crippen molar-refractivity contribution >= 4 is 56.7 Å². The molecular formula is C26H16ClN3O3S2. The van der Waals surface area contributed by atoms with Gasteiger partial charge in [0.25, 0.3) is 5.91 Å². The Morgan fingerprint density at radius 3 is 2.51 bits per heavy atom. The maximum Gasteiger partial charge on any atom is 0.297 e. The quantitative estimate of drug-likeness (QED) is 0.200. The van der Waals surface area contributed by atoms with Crippen molar-refractivity contribution in [2.24, 2.45) is 0 Å². The average Bonchev–Trinajstić information content (AvgIpc) is 3.47. The molecule has 0 spiro atoms. The Morgan fingerprint density at radius 2 is 1.69 bits per heavy atom. The molecule has 0 saturated carbocycles. The third-order valence-corrected chi connectivity index (χ3v) is 8.28. The van der Waals surface area contributed by atoms with Crippen molar-refractivity contribution in [3.05, 3.63) is 117 Å². The second kappa shape index (κ2) is 8.96. The average molecular weight is 518 g/mol. The highest BCUT2D eigenvalue weighted by Gasteiger charge is 2.45. The van der Waals surface area contributed by atoms with E-state index in [9.17, 15) is 9.59 Å². The zero-order valence-corrected chi connectivity index (χ0v) is 20.4. The predicted molar refractivity (Wildman–Crippen MR) is 139 cm³/mol. The number of fused-ring (bicyclic) bond motifs is 2. The van der Waals surface area contributed by atoms with Crippen LogP contribution in [0.1, 0.15) is 33.3 Å². The molecule has 1 aliphatic heterocycles. The topological polar surface area (TPSA) is 76.3 Å². The summed E-state index contributed by atoms with van der Waals surface area (Å²) in [6, 6.07) is 23.4. The molecule has 5 aromatic rings. The van der Waals surface area contributed by atoms with Gasteiger partial charge in [-0.1, -0.05) is 95.4 Å². The molecule has 1 amide bonds. The molecule has 0 N–H and O–H groups in total. The van der Waals surface area contributed by atoms with Gasteiger partial charge in [-0.3, -0.25) is 14.5 Å². The van der Waals surface area contributed by atoms with Crippen LogP contribution in [0.2, 0.25) is 5.02 Å². The van der Waals surface area contributed by atoms with Crippen molar-refractivity contribution in [2.45, 2.75) is 16.1 Å². The van der Waals surface area contributed by atoms with Gasteiger partial charge in [0, 0.05) is 10.8 Å². The lowest BCUT2D eigenvalue weighted by atomic mass is 9.99. The Morgan fingerprint density at radius 1 is 0.943 bits per heavy atom. The molecular weight excluding hydrogens is 502 g/mol. The number of anilines is 1. The number of aromatic nitrogens is 2. The molecule has 6 rings (SSSR count). The van der Waals surface area contributed by atoms with Gasteiger partial charge in [0.1, 0.15) is 5.58 Å². The zero-order valence-electron chi connectivity index (χ0n) is 18.1. The number of carbonyl (C=O) groups excluding carboxylic acids is 1. The summed E-state index contributed by atoms with van der Waals surface area (Å²) < 4.78 is 6.67. The predicted octanol–water partition coefficient (Wildman–Crippen LogP) is 6.34. The van der Waals surface area contributed by atoms with Crippen molar-refractivity contribution in [1.29, 1.82) is 0 Å². The minimum atomic E-state index is -0.658. The minimum Gasteiger partial charge on any atom is -0.450 e. The molecule has 1 aliphatic rings. The molecule has 1 atom stereocenters. The highest BCUT2D eigenvalue weighted by atomic mass is 35.5. The number of nitrogens with zero attached hydrogens (tertiary/aromatic N) is 3. The first-order valence-corrected chi connectivity index (χ1v) is 12.9. The lowest BCUT2D eigenvalue weighted by molar-refractivity contribution is 0.0970. The number of amides is 1. The molecule has 6 nitrogen and oxygen atoms in total. The third kappa shape index (κ3) is 3.83. The number of carbonyl (C=O) groups is 1. The van der Waals surface area contributed by atoms with Gasteiger partial charge in [-0.15, -0.1) is 10.2 Å². The van der Waals surface area contributed by atoms with E-state index in [1.165, 1.54) is 28.0 Å². The summed E-state index contributed by atoms with van der Waals surface area (Å²) >= 11 is 9.07. The van der Waals surface area contributed by atoms with E-state index in [1.54, 1.807) is 24.3 Å². The fraction of sp³-hybridized carbons (Fsp3) is 0.0769. The molecule has 3 aromatic carbocycles. The van der Waals surface area contributed by atoms with E-state index in [2.05, 4.69) is 10.2 Å². The van der Waals surface area contributed by atoms with Crippen LogP contribution in [-0.4, -0.2) is 16.1 Å². The maximum absolute atomic E-state index is 13.6. The number of halogens is 1. The molecule has 0 radical (unpaired) electrons. The molecule has 172 valence electrons. The monoisotopic (exact) mass is 517 g/mol. The third-order valence-electron chi connectivity index (χ3n) is 5.80. The molecule has 35 heavy (non-hydrogen) atoms. The molecule has 9 heteroatoms. The van der Waals surface area contributed by atoms with Crippen LogP contribution in [0.5, 0.6) is 0 Å². The summed E-state index contributed by atoms with van der Waals surface area (Å²) in [6.45, 7) is 0. The summed E-state index contributed by atoms with van der Waals surface area (Å²) in [5, 5.41) is 10.1. The van der Waals surface area contributed by atoms with Crippen LogP contribution in [-0.2, 0) is 5.75 Å². The van der Waals surface area contributed by atoms with Gasteiger partial charge in [-0.2, -0.15) is 0 Å². The summed E-state index contributed by atoms with van der Waals surface area (Å²) in [4.78, 5) is 28.7. The Bertz CT molecular complexity index is 1630. The second-order valence-electron chi connectivity index (χ2n) is 7.89. The van der Waals surface area contributed by atoms with Crippen LogP contribution in [0.25, 0.3) is 11.0 Å². The molecule has 3 heterocycles. The Kier molecular flexibility index (Phi) is 5.64. The number of hydrogen-bond donors (Lipinski definition) is 0. The van der Waals surface area contributed by atoms with Gasteiger partial charge in [0.15, 0.2) is 9.77 Å². The van der Waals surface area contributed by atoms with Crippen molar-refractivity contribution in [1.82, 2.24) is 10.2 Å². The maximum atomic E-state index is 13.6. The van der Waals surface area contributed by atoms with Gasteiger partial charge < -0.3 is 4.42 Å². The van der Waals surface area contributed by atoms with Crippen molar-refractivity contribution in [3.63, 3.8) is 0 Å². The smallest absolute Gasteiger partial charge is 0.297 e. The molecule has 0 aliphatic carbocycles. The first-order chi connectivity index (χ1) is 17.1. The van der Waals surface area contributed by atoms with E-state index < -0.39 is 11.9 Å². The highest BCUT2D eigenvalue weighted by Crippen LogP contribution is 2.43. The van der Waals surface area contributed by atoms with Gasteiger partial charge in [0.2, 0.25) is 10.9 Å². The van der Waals surface area contributed by atoms with E-state index in [-0.39, 0.29) is 11.2 Å². The SMILES string of the molecule is O=C1c2oc3ccccc3c(=O)c2C(c2ccccc2)N1c1nnc(SCc2ccccc2Cl)s1. The Hall–Kier alpha value is -3.46. The molecule has 0 bridgehead atoms. The first-order valence-electron chi connectivity index (χ1n) is 10.8. The number of thioether (sulfide) groups is 1. The summed E-state index contributed by atoms with van der Waals surface area (Å²) in [6.07, 6.45) is 0.